The lowest BCUT2D eigenvalue weighted by molar-refractivity contribution is 0.0586. The molecule has 2 N–H and O–H groups in total. The molecule has 2 aromatic rings. The Morgan fingerprint density at radius 1 is 1.16 bits per heavy atom. The van der Waals surface area contributed by atoms with Crippen LogP contribution >= 0.6 is 0 Å². The predicted molar refractivity (Wildman–Crippen MR) is 118 cm³/mol. The maximum Gasteiger partial charge on any atom is 0.240 e. The number of nitrogens with zero attached hydrogens (tertiary/aromatic N) is 1. The van der Waals surface area contributed by atoms with Crippen molar-refractivity contribution in [2.75, 3.05) is 26.2 Å². The third kappa shape index (κ3) is 6.74. The van der Waals surface area contributed by atoms with Gasteiger partial charge in [0.15, 0.2) is 0 Å². The summed E-state index contributed by atoms with van der Waals surface area (Å²) in [6, 6.07) is 12.6. The molecule has 1 fully saturated rings. The van der Waals surface area contributed by atoms with Gasteiger partial charge in [-0.3, -0.25) is 0 Å². The van der Waals surface area contributed by atoms with E-state index in [9.17, 15) is 17.9 Å². The molecule has 1 aliphatic heterocycles. The first-order chi connectivity index (χ1) is 14.7. The summed E-state index contributed by atoms with van der Waals surface area (Å²) in [5, 5.41) is 10.4. The molecule has 6 nitrogen and oxygen atoms in total. The molecule has 8 heteroatoms. The van der Waals surface area contributed by atoms with E-state index in [1.54, 1.807) is 0 Å². The first kappa shape index (κ1) is 23.7. The van der Waals surface area contributed by atoms with Crippen molar-refractivity contribution in [2.24, 2.45) is 0 Å². The summed E-state index contributed by atoms with van der Waals surface area (Å²) in [6.07, 6.45) is 0.608. The van der Waals surface area contributed by atoms with E-state index in [-0.39, 0.29) is 17.5 Å². The molecule has 0 bridgehead atoms. The Labute approximate surface area is 184 Å². The van der Waals surface area contributed by atoms with Crippen LogP contribution in [0.4, 0.5) is 4.39 Å². The van der Waals surface area contributed by atoms with Gasteiger partial charge in [-0.25, -0.2) is 17.5 Å². The Hall–Kier alpha value is -2.00. The van der Waals surface area contributed by atoms with E-state index < -0.39 is 21.9 Å². The Morgan fingerprint density at radius 3 is 2.55 bits per heavy atom. The lowest BCUT2D eigenvalue weighted by atomic mass is 10.0. The minimum absolute atomic E-state index is 0.0656. The molecule has 0 spiro atoms. The van der Waals surface area contributed by atoms with Crippen molar-refractivity contribution in [2.45, 2.75) is 49.6 Å². The van der Waals surface area contributed by atoms with Crippen LogP contribution in [0.5, 0.6) is 5.75 Å². The maximum atomic E-state index is 13.3. The molecule has 1 unspecified atom stereocenters. The van der Waals surface area contributed by atoms with Crippen LogP contribution in [-0.4, -0.2) is 56.8 Å². The number of rotatable bonds is 9. The molecule has 170 valence electrons. The number of sulfonamides is 1. The molecule has 0 saturated carbocycles. The van der Waals surface area contributed by atoms with Crippen molar-refractivity contribution in [3.8, 4) is 5.75 Å². The molecule has 0 radical (unpaired) electrons. The largest absolute Gasteiger partial charge is 0.491 e. The van der Waals surface area contributed by atoms with Crippen LogP contribution < -0.4 is 9.46 Å². The number of halogens is 1. The van der Waals surface area contributed by atoms with Gasteiger partial charge in [-0.1, -0.05) is 38.1 Å². The zero-order chi connectivity index (χ0) is 22.4. The van der Waals surface area contributed by atoms with Gasteiger partial charge in [0.25, 0.3) is 0 Å². The maximum absolute atomic E-state index is 13.3. The summed E-state index contributed by atoms with van der Waals surface area (Å²) >= 11 is 0. The number of ether oxygens (including phenoxy) is 1. The molecule has 0 aliphatic carbocycles. The summed E-state index contributed by atoms with van der Waals surface area (Å²) in [5.74, 6) is 0.551. The topological polar surface area (TPSA) is 78.9 Å². The van der Waals surface area contributed by atoms with Crippen molar-refractivity contribution in [1.82, 2.24) is 9.62 Å². The molecule has 31 heavy (non-hydrogen) atoms. The highest BCUT2D eigenvalue weighted by atomic mass is 32.2. The van der Waals surface area contributed by atoms with Gasteiger partial charge in [0.1, 0.15) is 24.3 Å². The standard InChI is InChI=1S/C23H31FN2O4S/c1-17(2)22-8-3-4-9-23(22)30-16-20(27)15-26-12-10-19(11-13-26)25-31(28,29)21-7-5-6-18(24)14-21/h3-9,14,17,19-20,25,27H,10-13,15-16H2,1-2H3. The Bertz CT molecular complexity index is 960. The number of aliphatic hydroxyl groups is 1. The van der Waals surface area contributed by atoms with Crippen molar-refractivity contribution in [3.05, 3.63) is 59.9 Å². The number of hydrogen-bond acceptors (Lipinski definition) is 5. The molecular formula is C23H31FN2O4S. The molecule has 0 aromatic heterocycles. The van der Waals surface area contributed by atoms with Gasteiger partial charge in [0.05, 0.1) is 4.90 Å². The fourth-order valence-corrected chi connectivity index (χ4v) is 5.12. The number of piperidine rings is 1. The predicted octanol–water partition coefficient (Wildman–Crippen LogP) is 3.13. The number of nitrogens with one attached hydrogen (secondary N) is 1. The van der Waals surface area contributed by atoms with Crippen molar-refractivity contribution in [3.63, 3.8) is 0 Å². The van der Waals surface area contributed by atoms with Gasteiger partial charge < -0.3 is 14.7 Å². The van der Waals surface area contributed by atoms with Crippen LogP contribution in [-0.2, 0) is 10.0 Å². The number of β-amino-alcohol motifs (C(OH)–C–C–N with tert-alkyl or cyclic N) is 1. The average Bonchev–Trinajstić information content (AvgIpc) is 2.73. The second-order valence-electron chi connectivity index (χ2n) is 8.31. The highest BCUT2D eigenvalue weighted by Gasteiger charge is 2.26. The molecule has 3 rings (SSSR count). The smallest absolute Gasteiger partial charge is 0.240 e. The monoisotopic (exact) mass is 450 g/mol. The Kier molecular flexibility index (Phi) is 8.05. The van der Waals surface area contributed by atoms with Crippen molar-refractivity contribution in [1.29, 1.82) is 0 Å². The van der Waals surface area contributed by atoms with E-state index in [1.807, 2.05) is 24.3 Å². The quantitative estimate of drug-likeness (QED) is 0.614. The van der Waals surface area contributed by atoms with Gasteiger partial charge in [-0.05, 0) is 61.7 Å². The second kappa shape index (κ2) is 10.5. The fraction of sp³-hybridized carbons (Fsp3) is 0.478. The lowest BCUT2D eigenvalue weighted by Crippen LogP contribution is -2.47. The van der Waals surface area contributed by atoms with Crippen LogP contribution in [0.1, 0.15) is 38.2 Å². The van der Waals surface area contributed by atoms with Gasteiger partial charge in [0, 0.05) is 12.6 Å². The zero-order valence-corrected chi connectivity index (χ0v) is 18.8. The number of hydrogen-bond donors (Lipinski definition) is 2. The number of aliphatic hydroxyl groups excluding tert-OH is 1. The van der Waals surface area contributed by atoms with E-state index in [4.69, 9.17) is 4.74 Å². The molecule has 2 aromatic carbocycles. The van der Waals surface area contributed by atoms with E-state index in [1.165, 1.54) is 18.2 Å². The second-order valence-corrected chi connectivity index (χ2v) is 10.0. The molecular weight excluding hydrogens is 419 g/mol. The number of likely N-dealkylation sites (tertiary alicyclic amines) is 1. The summed E-state index contributed by atoms with van der Waals surface area (Å²) in [6.45, 7) is 6.20. The summed E-state index contributed by atoms with van der Waals surface area (Å²) < 4.78 is 46.8. The first-order valence-corrected chi connectivity index (χ1v) is 12.1. The van der Waals surface area contributed by atoms with Crippen LogP contribution in [0.25, 0.3) is 0 Å². The van der Waals surface area contributed by atoms with Crippen LogP contribution in [0, 0.1) is 5.82 Å². The van der Waals surface area contributed by atoms with Crippen LogP contribution in [0.3, 0.4) is 0 Å². The summed E-state index contributed by atoms with van der Waals surface area (Å²) in [5.41, 5.74) is 1.11. The van der Waals surface area contributed by atoms with Gasteiger partial charge >= 0.3 is 0 Å². The zero-order valence-electron chi connectivity index (χ0n) is 18.0. The fourth-order valence-electron chi connectivity index (χ4n) is 3.78. The minimum atomic E-state index is -3.75. The molecule has 0 amide bonds. The van der Waals surface area contributed by atoms with Crippen LogP contribution in [0.2, 0.25) is 0 Å². The number of para-hydroxylation sites is 1. The highest BCUT2D eigenvalue weighted by Crippen LogP contribution is 2.26. The van der Waals surface area contributed by atoms with Gasteiger partial charge in [0.2, 0.25) is 10.0 Å². The van der Waals surface area contributed by atoms with E-state index in [0.717, 1.165) is 17.4 Å². The Balaban J connectivity index is 1.45. The first-order valence-electron chi connectivity index (χ1n) is 10.6. The third-order valence-electron chi connectivity index (χ3n) is 5.46. The average molecular weight is 451 g/mol. The lowest BCUT2D eigenvalue weighted by Gasteiger charge is -2.33. The normalized spacial score (nSPS) is 17.1. The van der Waals surface area contributed by atoms with E-state index in [0.29, 0.717) is 38.4 Å². The van der Waals surface area contributed by atoms with Crippen molar-refractivity contribution >= 4 is 10.0 Å². The SMILES string of the molecule is CC(C)c1ccccc1OCC(O)CN1CCC(NS(=O)(=O)c2cccc(F)c2)CC1. The van der Waals surface area contributed by atoms with Crippen molar-refractivity contribution < 1.29 is 22.7 Å². The Morgan fingerprint density at radius 2 is 1.87 bits per heavy atom. The van der Waals surface area contributed by atoms with E-state index >= 15 is 0 Å². The summed E-state index contributed by atoms with van der Waals surface area (Å²) in [7, 11) is -3.75. The number of benzene rings is 2. The minimum Gasteiger partial charge on any atom is -0.491 e. The molecule has 1 aliphatic rings. The van der Waals surface area contributed by atoms with Crippen LogP contribution in [0.15, 0.2) is 53.4 Å². The van der Waals surface area contributed by atoms with Gasteiger partial charge in [-0.15, -0.1) is 0 Å². The third-order valence-corrected chi connectivity index (χ3v) is 6.98. The van der Waals surface area contributed by atoms with E-state index in [2.05, 4.69) is 23.5 Å². The highest BCUT2D eigenvalue weighted by molar-refractivity contribution is 7.89. The summed E-state index contributed by atoms with van der Waals surface area (Å²) in [4.78, 5) is 2.04. The molecule has 1 saturated heterocycles. The van der Waals surface area contributed by atoms with Gasteiger partial charge in [-0.2, -0.15) is 0 Å². The molecule has 1 atom stereocenters. The molecule has 1 heterocycles.